The molecule has 4 heteroatoms. The molecule has 0 saturated carbocycles. The Morgan fingerprint density at radius 2 is 2.20 bits per heavy atom. The lowest BCUT2D eigenvalue weighted by Gasteiger charge is -2.03. The van der Waals surface area contributed by atoms with Crippen molar-refractivity contribution in [2.24, 2.45) is 0 Å². The zero-order valence-corrected chi connectivity index (χ0v) is 9.18. The summed E-state index contributed by atoms with van der Waals surface area (Å²) in [4.78, 5) is 14.4. The van der Waals surface area contributed by atoms with Gasteiger partial charge in [-0.2, -0.15) is 0 Å². The second-order valence-corrected chi connectivity index (χ2v) is 3.67. The molecule has 15 heavy (non-hydrogen) atoms. The van der Waals surface area contributed by atoms with Crippen molar-refractivity contribution in [3.05, 3.63) is 28.9 Å². The number of fused-ring (bicyclic) bond motifs is 1. The van der Waals surface area contributed by atoms with Crippen LogP contribution in [0.15, 0.2) is 18.3 Å². The highest BCUT2D eigenvalue weighted by Crippen LogP contribution is 2.33. The summed E-state index contributed by atoms with van der Waals surface area (Å²) >= 11 is 6.05. The maximum atomic E-state index is 11.4. The van der Waals surface area contributed by atoms with Gasteiger partial charge in [0.1, 0.15) is 5.75 Å². The number of carbonyl (C=O) groups excluding carboxylic acids is 1. The number of ether oxygens (including phenoxy) is 1. The van der Waals surface area contributed by atoms with Crippen LogP contribution in [0.25, 0.3) is 10.9 Å². The van der Waals surface area contributed by atoms with Crippen LogP contribution in [0.5, 0.6) is 5.75 Å². The standard InChI is InChI=1S/C11H10ClNO2/c1-6(14)7-5-13-11-9(15-2)4-3-8(12)10(7)11/h3-5,13H,1-2H3. The average Bonchev–Trinajstić information content (AvgIpc) is 2.63. The molecule has 0 atom stereocenters. The molecule has 0 spiro atoms. The number of ketones is 1. The number of methoxy groups -OCH3 is 1. The number of aromatic nitrogens is 1. The zero-order valence-electron chi connectivity index (χ0n) is 8.43. The van der Waals surface area contributed by atoms with Crippen LogP contribution in [-0.2, 0) is 0 Å². The molecule has 78 valence electrons. The van der Waals surface area contributed by atoms with Crippen molar-refractivity contribution in [3.63, 3.8) is 0 Å². The largest absolute Gasteiger partial charge is 0.495 e. The number of aromatic amines is 1. The third-order valence-corrected chi connectivity index (χ3v) is 2.66. The topological polar surface area (TPSA) is 42.1 Å². The van der Waals surface area contributed by atoms with Crippen molar-refractivity contribution in [3.8, 4) is 5.75 Å². The molecule has 1 aromatic heterocycles. The van der Waals surface area contributed by atoms with Crippen molar-refractivity contribution in [2.45, 2.75) is 6.92 Å². The number of Topliss-reactive ketones (excluding diaryl/α,β-unsaturated/α-hetero) is 1. The van der Waals surface area contributed by atoms with Crippen LogP contribution in [0.3, 0.4) is 0 Å². The molecule has 1 aromatic carbocycles. The molecule has 1 heterocycles. The summed E-state index contributed by atoms with van der Waals surface area (Å²) in [6.07, 6.45) is 1.65. The Labute approximate surface area is 92.0 Å². The van der Waals surface area contributed by atoms with Gasteiger partial charge >= 0.3 is 0 Å². The Bertz CT molecular complexity index is 531. The van der Waals surface area contributed by atoms with Gasteiger partial charge in [-0.25, -0.2) is 0 Å². The van der Waals surface area contributed by atoms with Crippen LogP contribution in [0.4, 0.5) is 0 Å². The number of hydrogen-bond donors (Lipinski definition) is 1. The van der Waals surface area contributed by atoms with Crippen molar-refractivity contribution in [1.29, 1.82) is 0 Å². The van der Waals surface area contributed by atoms with Gasteiger partial charge in [0.2, 0.25) is 0 Å². The lowest BCUT2D eigenvalue weighted by molar-refractivity contribution is 0.101. The lowest BCUT2D eigenvalue weighted by atomic mass is 10.1. The van der Waals surface area contributed by atoms with Gasteiger partial charge in [-0.1, -0.05) is 11.6 Å². The van der Waals surface area contributed by atoms with E-state index >= 15 is 0 Å². The molecular weight excluding hydrogens is 214 g/mol. The number of carbonyl (C=O) groups is 1. The first-order valence-corrected chi connectivity index (χ1v) is 4.87. The van der Waals surface area contributed by atoms with Crippen LogP contribution in [0.2, 0.25) is 5.02 Å². The minimum absolute atomic E-state index is 0.0172. The van der Waals surface area contributed by atoms with Gasteiger partial charge in [0.15, 0.2) is 5.78 Å². The minimum Gasteiger partial charge on any atom is -0.495 e. The number of H-pyrrole nitrogens is 1. The van der Waals surface area contributed by atoms with Gasteiger partial charge < -0.3 is 9.72 Å². The SMILES string of the molecule is COc1ccc(Cl)c2c(C(C)=O)c[nH]c12. The summed E-state index contributed by atoms with van der Waals surface area (Å²) in [6.45, 7) is 1.51. The quantitative estimate of drug-likeness (QED) is 0.796. The third kappa shape index (κ3) is 1.49. The van der Waals surface area contributed by atoms with Crippen LogP contribution >= 0.6 is 11.6 Å². The third-order valence-electron chi connectivity index (χ3n) is 2.35. The Kier molecular flexibility index (Phi) is 2.40. The molecule has 0 aliphatic carbocycles. The van der Waals surface area contributed by atoms with Crippen molar-refractivity contribution in [1.82, 2.24) is 4.98 Å². The van der Waals surface area contributed by atoms with Gasteiger partial charge in [0.05, 0.1) is 17.6 Å². The smallest absolute Gasteiger partial charge is 0.162 e. The summed E-state index contributed by atoms with van der Waals surface area (Å²) in [6, 6.07) is 3.49. The second-order valence-electron chi connectivity index (χ2n) is 3.26. The molecule has 3 nitrogen and oxygen atoms in total. The van der Waals surface area contributed by atoms with E-state index in [0.717, 1.165) is 10.9 Å². The predicted octanol–water partition coefficient (Wildman–Crippen LogP) is 3.03. The van der Waals surface area contributed by atoms with E-state index in [-0.39, 0.29) is 5.78 Å². The predicted molar refractivity (Wildman–Crippen MR) is 59.9 cm³/mol. The fraction of sp³-hybridized carbons (Fsp3) is 0.182. The minimum atomic E-state index is -0.0172. The summed E-state index contributed by atoms with van der Waals surface area (Å²) in [5, 5.41) is 1.28. The summed E-state index contributed by atoms with van der Waals surface area (Å²) in [5.41, 5.74) is 1.35. The first kappa shape index (κ1) is 10.1. The van der Waals surface area contributed by atoms with E-state index in [1.165, 1.54) is 6.92 Å². The van der Waals surface area contributed by atoms with Crippen molar-refractivity contribution in [2.75, 3.05) is 7.11 Å². The van der Waals surface area contributed by atoms with Crippen LogP contribution < -0.4 is 4.74 Å². The molecule has 2 aromatic rings. The van der Waals surface area contributed by atoms with Gasteiger partial charge in [-0.05, 0) is 19.1 Å². The lowest BCUT2D eigenvalue weighted by Crippen LogP contribution is -1.90. The number of benzene rings is 1. The Morgan fingerprint density at radius 1 is 1.47 bits per heavy atom. The van der Waals surface area contributed by atoms with E-state index in [0.29, 0.717) is 16.3 Å². The van der Waals surface area contributed by atoms with Crippen LogP contribution in [0, 0.1) is 0 Å². The Hall–Kier alpha value is -1.48. The highest BCUT2D eigenvalue weighted by molar-refractivity contribution is 6.37. The zero-order chi connectivity index (χ0) is 11.0. The first-order chi connectivity index (χ1) is 7.15. The Morgan fingerprint density at radius 3 is 2.80 bits per heavy atom. The number of rotatable bonds is 2. The molecular formula is C11H10ClNO2. The summed E-state index contributed by atoms with van der Waals surface area (Å²) < 4.78 is 5.17. The first-order valence-electron chi connectivity index (χ1n) is 4.49. The van der Waals surface area contributed by atoms with Gasteiger partial charge in [0, 0.05) is 17.1 Å². The molecule has 0 aliphatic rings. The number of hydrogen-bond acceptors (Lipinski definition) is 2. The van der Waals surface area contributed by atoms with Crippen molar-refractivity contribution >= 4 is 28.3 Å². The molecule has 0 fully saturated rings. The van der Waals surface area contributed by atoms with E-state index in [1.807, 2.05) is 0 Å². The molecule has 0 bridgehead atoms. The monoisotopic (exact) mass is 223 g/mol. The fourth-order valence-electron chi connectivity index (χ4n) is 1.63. The van der Waals surface area contributed by atoms with E-state index in [9.17, 15) is 4.79 Å². The molecule has 0 amide bonds. The normalized spacial score (nSPS) is 10.6. The van der Waals surface area contributed by atoms with Crippen LogP contribution in [-0.4, -0.2) is 17.9 Å². The van der Waals surface area contributed by atoms with E-state index in [2.05, 4.69) is 4.98 Å². The molecule has 0 aliphatic heterocycles. The van der Waals surface area contributed by atoms with Gasteiger partial charge in [0.25, 0.3) is 0 Å². The highest BCUT2D eigenvalue weighted by atomic mass is 35.5. The fourth-order valence-corrected chi connectivity index (χ4v) is 1.89. The summed E-state index contributed by atoms with van der Waals surface area (Å²) in [5.74, 6) is 0.665. The molecule has 0 saturated heterocycles. The van der Waals surface area contributed by atoms with Gasteiger partial charge in [-0.15, -0.1) is 0 Å². The van der Waals surface area contributed by atoms with Crippen molar-refractivity contribution < 1.29 is 9.53 Å². The molecule has 0 unspecified atom stereocenters. The van der Waals surface area contributed by atoms with E-state index in [1.54, 1.807) is 25.4 Å². The second kappa shape index (κ2) is 3.59. The molecule has 0 radical (unpaired) electrons. The maximum Gasteiger partial charge on any atom is 0.162 e. The molecule has 2 rings (SSSR count). The highest BCUT2D eigenvalue weighted by Gasteiger charge is 2.14. The average molecular weight is 224 g/mol. The maximum absolute atomic E-state index is 11.4. The summed E-state index contributed by atoms with van der Waals surface area (Å²) in [7, 11) is 1.58. The van der Waals surface area contributed by atoms with E-state index < -0.39 is 0 Å². The van der Waals surface area contributed by atoms with Crippen LogP contribution in [0.1, 0.15) is 17.3 Å². The Balaban J connectivity index is 2.84. The van der Waals surface area contributed by atoms with Gasteiger partial charge in [-0.3, -0.25) is 4.79 Å². The molecule has 1 N–H and O–H groups in total. The van der Waals surface area contributed by atoms with E-state index in [4.69, 9.17) is 16.3 Å². The number of halogens is 1. The number of nitrogens with one attached hydrogen (secondary N) is 1.